The average Bonchev–Trinajstić information content (AvgIpc) is 3.12. The molecule has 0 spiro atoms. The van der Waals surface area contributed by atoms with Gasteiger partial charge in [-0.1, -0.05) is 0 Å². The molecule has 0 aliphatic carbocycles. The number of carbonyl (C=O) groups is 1. The maximum absolute atomic E-state index is 14.4. The van der Waals surface area contributed by atoms with Gasteiger partial charge in [0.15, 0.2) is 5.65 Å². The lowest BCUT2D eigenvalue weighted by Crippen LogP contribution is -2.36. The van der Waals surface area contributed by atoms with E-state index < -0.39 is 5.82 Å². The number of hydrogen-bond acceptors (Lipinski definition) is 7. The molecule has 0 saturated carbocycles. The number of fused-ring (bicyclic) bond motifs is 3. The second-order valence-corrected chi connectivity index (χ2v) is 6.73. The van der Waals surface area contributed by atoms with E-state index in [4.69, 9.17) is 9.47 Å². The molecule has 152 valence electrons. The number of ether oxygens (including phenoxy) is 2. The van der Waals surface area contributed by atoms with Crippen LogP contribution in [0.25, 0.3) is 5.65 Å². The van der Waals surface area contributed by atoms with Gasteiger partial charge in [0.2, 0.25) is 0 Å². The minimum absolute atomic E-state index is 0.0536. The van der Waals surface area contributed by atoms with Crippen molar-refractivity contribution in [3.05, 3.63) is 41.3 Å². The SMILES string of the molecule is CNc1cc2nc3c(cnn13)C(=O)N[C@H](C)COCc1cc(c(OC)cc1F)N2. The van der Waals surface area contributed by atoms with Gasteiger partial charge in [-0.25, -0.2) is 9.37 Å². The predicted molar refractivity (Wildman–Crippen MR) is 105 cm³/mol. The molecule has 0 saturated heterocycles. The fourth-order valence-electron chi connectivity index (χ4n) is 3.17. The van der Waals surface area contributed by atoms with Crippen LogP contribution in [-0.2, 0) is 11.3 Å². The molecule has 1 amide bonds. The smallest absolute Gasteiger partial charge is 0.257 e. The molecular formula is C19H21FN6O3. The van der Waals surface area contributed by atoms with E-state index in [0.717, 1.165) is 0 Å². The molecule has 1 aliphatic heterocycles. The summed E-state index contributed by atoms with van der Waals surface area (Å²) in [6.07, 6.45) is 1.47. The molecule has 4 bridgehead atoms. The van der Waals surface area contributed by atoms with E-state index in [-0.39, 0.29) is 25.2 Å². The highest BCUT2D eigenvalue weighted by atomic mass is 19.1. The first-order valence-corrected chi connectivity index (χ1v) is 9.08. The van der Waals surface area contributed by atoms with Crippen molar-refractivity contribution in [2.24, 2.45) is 0 Å². The number of halogens is 1. The summed E-state index contributed by atoms with van der Waals surface area (Å²) in [5, 5.41) is 13.3. The molecule has 3 aromatic rings. The largest absolute Gasteiger partial charge is 0.494 e. The van der Waals surface area contributed by atoms with Gasteiger partial charge in [0.05, 0.1) is 32.2 Å². The first-order chi connectivity index (χ1) is 14.0. The highest BCUT2D eigenvalue weighted by molar-refractivity contribution is 6.00. The van der Waals surface area contributed by atoms with E-state index in [1.165, 1.54) is 19.4 Å². The third kappa shape index (κ3) is 3.54. The Labute approximate surface area is 166 Å². The summed E-state index contributed by atoms with van der Waals surface area (Å²) < 4.78 is 26.9. The number of hydrogen-bond donors (Lipinski definition) is 3. The van der Waals surface area contributed by atoms with Crippen LogP contribution in [0.4, 0.5) is 21.7 Å². The van der Waals surface area contributed by atoms with Crippen molar-refractivity contribution in [1.29, 1.82) is 0 Å². The minimum atomic E-state index is -0.436. The summed E-state index contributed by atoms with van der Waals surface area (Å²) in [4.78, 5) is 17.3. The van der Waals surface area contributed by atoms with E-state index in [2.05, 4.69) is 26.0 Å². The Balaban J connectivity index is 1.90. The second kappa shape index (κ2) is 7.55. The lowest BCUT2D eigenvalue weighted by molar-refractivity contribution is 0.0814. The predicted octanol–water partition coefficient (Wildman–Crippen LogP) is 2.31. The van der Waals surface area contributed by atoms with Crippen LogP contribution in [0.15, 0.2) is 24.4 Å². The quantitative estimate of drug-likeness (QED) is 0.607. The molecule has 29 heavy (non-hydrogen) atoms. The Morgan fingerprint density at radius 3 is 2.97 bits per heavy atom. The van der Waals surface area contributed by atoms with Crippen molar-refractivity contribution >= 4 is 28.9 Å². The molecular weight excluding hydrogens is 379 g/mol. The molecule has 3 N–H and O–H groups in total. The summed E-state index contributed by atoms with van der Waals surface area (Å²) in [7, 11) is 3.21. The third-order valence-corrected chi connectivity index (χ3v) is 4.61. The lowest BCUT2D eigenvalue weighted by Gasteiger charge is -2.17. The van der Waals surface area contributed by atoms with E-state index in [0.29, 0.717) is 39.8 Å². The summed E-state index contributed by atoms with van der Waals surface area (Å²) in [6.45, 7) is 2.09. The number of carbonyl (C=O) groups excluding carboxylic acids is 1. The summed E-state index contributed by atoms with van der Waals surface area (Å²) in [5.41, 5.74) is 1.61. The maximum atomic E-state index is 14.4. The average molecular weight is 400 g/mol. The number of amides is 1. The van der Waals surface area contributed by atoms with Gasteiger partial charge in [-0.05, 0) is 13.0 Å². The zero-order valence-electron chi connectivity index (χ0n) is 16.2. The van der Waals surface area contributed by atoms with Crippen LogP contribution >= 0.6 is 0 Å². The molecule has 0 fully saturated rings. The van der Waals surface area contributed by atoms with Gasteiger partial charge in [0.25, 0.3) is 5.91 Å². The van der Waals surface area contributed by atoms with Crippen LogP contribution in [0.3, 0.4) is 0 Å². The van der Waals surface area contributed by atoms with E-state index >= 15 is 0 Å². The van der Waals surface area contributed by atoms with Crippen molar-refractivity contribution < 1.29 is 18.7 Å². The summed E-state index contributed by atoms with van der Waals surface area (Å²) >= 11 is 0. The standard InChI is InChI=1S/C19H21FN6O3/c1-10-8-29-9-11-4-14(15(28-3)5-13(11)20)24-16-6-17(21-2)26-18(25-16)12(7-22-26)19(27)23-10/h4-7,10,21H,8-9H2,1-3H3,(H,23,27)(H,24,25)/t10-/m1/s1. The number of benzene rings is 1. The van der Waals surface area contributed by atoms with Crippen molar-refractivity contribution in [1.82, 2.24) is 19.9 Å². The number of nitrogens with one attached hydrogen (secondary N) is 3. The van der Waals surface area contributed by atoms with Gasteiger partial charge in [-0.3, -0.25) is 4.79 Å². The van der Waals surface area contributed by atoms with Crippen LogP contribution in [0, 0.1) is 5.82 Å². The summed E-state index contributed by atoms with van der Waals surface area (Å²) in [5.74, 6) is 0.640. The van der Waals surface area contributed by atoms with Crippen LogP contribution in [0.1, 0.15) is 22.8 Å². The van der Waals surface area contributed by atoms with Crippen LogP contribution in [-0.4, -0.2) is 47.3 Å². The summed E-state index contributed by atoms with van der Waals surface area (Å²) in [6, 6.07) is 4.38. The van der Waals surface area contributed by atoms with Crippen LogP contribution in [0.2, 0.25) is 0 Å². The highest BCUT2D eigenvalue weighted by Gasteiger charge is 2.20. The molecule has 0 radical (unpaired) electrons. The molecule has 1 aromatic carbocycles. The van der Waals surface area contributed by atoms with E-state index in [9.17, 15) is 9.18 Å². The van der Waals surface area contributed by atoms with Crippen molar-refractivity contribution in [3.8, 4) is 5.75 Å². The normalized spacial score (nSPS) is 16.8. The number of rotatable bonds is 2. The zero-order valence-corrected chi connectivity index (χ0v) is 16.2. The Hall–Kier alpha value is -3.40. The minimum Gasteiger partial charge on any atom is -0.494 e. The Morgan fingerprint density at radius 1 is 1.38 bits per heavy atom. The van der Waals surface area contributed by atoms with Gasteiger partial charge in [-0.15, -0.1) is 0 Å². The van der Waals surface area contributed by atoms with E-state index in [1.54, 1.807) is 23.7 Å². The molecule has 1 atom stereocenters. The molecule has 3 heterocycles. The molecule has 4 rings (SSSR count). The van der Waals surface area contributed by atoms with Gasteiger partial charge >= 0.3 is 0 Å². The Bertz CT molecular complexity index is 1080. The second-order valence-electron chi connectivity index (χ2n) is 6.73. The number of anilines is 3. The zero-order chi connectivity index (χ0) is 20.5. The number of aromatic nitrogens is 3. The Morgan fingerprint density at radius 2 is 2.21 bits per heavy atom. The number of methoxy groups -OCH3 is 1. The molecule has 0 unspecified atom stereocenters. The first-order valence-electron chi connectivity index (χ1n) is 9.08. The monoisotopic (exact) mass is 400 g/mol. The van der Waals surface area contributed by atoms with Gasteiger partial charge in [0, 0.05) is 30.8 Å². The topological polar surface area (TPSA) is 102 Å². The third-order valence-electron chi connectivity index (χ3n) is 4.61. The fraction of sp³-hybridized carbons (Fsp3) is 0.316. The van der Waals surface area contributed by atoms with Crippen LogP contribution < -0.4 is 20.7 Å². The Kier molecular flexibility index (Phi) is 4.93. The van der Waals surface area contributed by atoms with Gasteiger partial charge < -0.3 is 25.4 Å². The number of nitrogens with zero attached hydrogens (tertiary/aromatic N) is 3. The van der Waals surface area contributed by atoms with Crippen molar-refractivity contribution in [2.45, 2.75) is 19.6 Å². The lowest BCUT2D eigenvalue weighted by atomic mass is 10.1. The molecule has 1 aliphatic rings. The maximum Gasteiger partial charge on any atom is 0.257 e. The van der Waals surface area contributed by atoms with E-state index in [1.807, 2.05) is 6.92 Å². The molecule has 9 nitrogen and oxygen atoms in total. The molecule has 10 heteroatoms. The first kappa shape index (κ1) is 18.9. The van der Waals surface area contributed by atoms with Crippen molar-refractivity contribution in [3.63, 3.8) is 0 Å². The highest BCUT2D eigenvalue weighted by Crippen LogP contribution is 2.31. The fourth-order valence-corrected chi connectivity index (χ4v) is 3.17. The molecule has 2 aromatic heterocycles. The van der Waals surface area contributed by atoms with Crippen LogP contribution in [0.5, 0.6) is 5.75 Å². The van der Waals surface area contributed by atoms with Crippen molar-refractivity contribution in [2.75, 3.05) is 31.4 Å². The van der Waals surface area contributed by atoms with Gasteiger partial charge in [0.1, 0.15) is 28.8 Å². The van der Waals surface area contributed by atoms with Gasteiger partial charge in [-0.2, -0.15) is 9.61 Å².